The maximum absolute atomic E-state index is 12.4. The number of amides is 2. The molecule has 0 spiro atoms. The molecule has 134 valence electrons. The Labute approximate surface area is 153 Å². The zero-order valence-corrected chi connectivity index (χ0v) is 14.6. The highest BCUT2D eigenvalue weighted by atomic mass is 32.1. The number of nitrogens with zero attached hydrogens (tertiary/aromatic N) is 4. The van der Waals surface area contributed by atoms with Crippen LogP contribution in [0.1, 0.15) is 28.1 Å². The number of aliphatic hydroxyl groups excluding tert-OH is 1. The van der Waals surface area contributed by atoms with Crippen molar-refractivity contribution in [2.24, 2.45) is 0 Å². The molecule has 3 aromatic rings. The van der Waals surface area contributed by atoms with Gasteiger partial charge in [-0.15, -0.1) is 0 Å². The SMILES string of the molecule is O=C(NCc1ccn2ccnc2c1)c1cnc(N2C(=O)CC[C@H]2CO)s1. The fraction of sp³-hybridized carbons (Fsp3) is 0.294. The average Bonchev–Trinajstić information content (AvgIpc) is 3.37. The van der Waals surface area contributed by atoms with Gasteiger partial charge >= 0.3 is 0 Å². The summed E-state index contributed by atoms with van der Waals surface area (Å²) in [5, 5.41) is 12.7. The largest absolute Gasteiger partial charge is 0.394 e. The summed E-state index contributed by atoms with van der Waals surface area (Å²) in [6, 6.07) is 3.57. The number of rotatable bonds is 5. The van der Waals surface area contributed by atoms with Gasteiger partial charge in [-0.2, -0.15) is 0 Å². The number of pyridine rings is 1. The maximum Gasteiger partial charge on any atom is 0.263 e. The normalized spacial score (nSPS) is 17.2. The molecule has 3 aromatic heterocycles. The van der Waals surface area contributed by atoms with Crippen LogP contribution in [0, 0.1) is 0 Å². The van der Waals surface area contributed by atoms with Crippen molar-refractivity contribution in [3.8, 4) is 0 Å². The molecule has 1 aliphatic rings. The van der Waals surface area contributed by atoms with Crippen LogP contribution in [0.3, 0.4) is 0 Å². The van der Waals surface area contributed by atoms with Gasteiger partial charge in [-0.25, -0.2) is 9.97 Å². The van der Waals surface area contributed by atoms with Gasteiger partial charge in [-0.05, 0) is 24.1 Å². The van der Waals surface area contributed by atoms with Crippen molar-refractivity contribution >= 4 is 33.9 Å². The van der Waals surface area contributed by atoms with Crippen LogP contribution >= 0.6 is 11.3 Å². The molecule has 8 nitrogen and oxygen atoms in total. The van der Waals surface area contributed by atoms with E-state index in [0.29, 0.717) is 29.4 Å². The molecule has 2 N–H and O–H groups in total. The minimum Gasteiger partial charge on any atom is -0.394 e. The van der Waals surface area contributed by atoms with E-state index in [9.17, 15) is 14.7 Å². The predicted molar refractivity (Wildman–Crippen MR) is 96.1 cm³/mol. The van der Waals surface area contributed by atoms with Gasteiger partial charge < -0.3 is 14.8 Å². The van der Waals surface area contributed by atoms with E-state index in [4.69, 9.17) is 0 Å². The van der Waals surface area contributed by atoms with Crippen LogP contribution in [0.4, 0.5) is 5.13 Å². The summed E-state index contributed by atoms with van der Waals surface area (Å²) in [4.78, 5) is 34.7. The summed E-state index contributed by atoms with van der Waals surface area (Å²) in [5.74, 6) is -0.317. The average molecular weight is 371 g/mol. The Balaban J connectivity index is 1.43. The lowest BCUT2D eigenvalue weighted by Crippen LogP contribution is -2.35. The third-order valence-corrected chi connectivity index (χ3v) is 5.37. The lowest BCUT2D eigenvalue weighted by molar-refractivity contribution is -0.117. The number of nitrogens with one attached hydrogen (secondary N) is 1. The molecule has 0 radical (unpaired) electrons. The Bertz CT molecular complexity index is 966. The molecular weight excluding hydrogens is 354 g/mol. The predicted octanol–water partition coefficient (Wildman–Crippen LogP) is 1.21. The Kier molecular flexibility index (Phi) is 4.39. The van der Waals surface area contributed by atoms with Gasteiger partial charge in [0.1, 0.15) is 10.5 Å². The lowest BCUT2D eigenvalue weighted by Gasteiger charge is -2.19. The van der Waals surface area contributed by atoms with Gasteiger partial charge in [-0.3, -0.25) is 14.5 Å². The van der Waals surface area contributed by atoms with Gasteiger partial charge in [-0.1, -0.05) is 11.3 Å². The molecule has 26 heavy (non-hydrogen) atoms. The molecular formula is C17H17N5O3S. The fourth-order valence-corrected chi connectivity index (χ4v) is 3.91. The van der Waals surface area contributed by atoms with Crippen molar-refractivity contribution < 1.29 is 14.7 Å². The molecule has 0 saturated carbocycles. The molecule has 4 heterocycles. The third-order valence-electron chi connectivity index (χ3n) is 4.37. The number of carbonyl (C=O) groups is 2. The minimum atomic E-state index is -0.258. The first kappa shape index (κ1) is 16.7. The first-order valence-electron chi connectivity index (χ1n) is 8.24. The van der Waals surface area contributed by atoms with Crippen molar-refractivity contribution in [3.05, 3.63) is 47.4 Å². The van der Waals surface area contributed by atoms with Crippen molar-refractivity contribution in [1.29, 1.82) is 0 Å². The Hall–Kier alpha value is -2.78. The van der Waals surface area contributed by atoms with Crippen LogP contribution in [0.25, 0.3) is 5.65 Å². The van der Waals surface area contributed by atoms with Crippen molar-refractivity contribution in [2.75, 3.05) is 11.5 Å². The molecule has 2 amide bonds. The van der Waals surface area contributed by atoms with Crippen LogP contribution in [0.2, 0.25) is 0 Å². The molecule has 1 fully saturated rings. The standard InChI is InChI=1S/C17H17N5O3S/c23-10-12-1-2-15(24)22(12)17-20-9-13(26-17)16(25)19-8-11-3-5-21-6-4-18-14(21)7-11/h3-7,9,12,23H,1-2,8,10H2,(H,19,25)/t12-/m0/s1. The maximum atomic E-state index is 12.4. The molecule has 0 bridgehead atoms. The summed E-state index contributed by atoms with van der Waals surface area (Å²) in [6.45, 7) is 0.264. The van der Waals surface area contributed by atoms with Gasteiger partial charge in [0.25, 0.3) is 5.91 Å². The number of aromatic nitrogens is 3. The summed E-state index contributed by atoms with van der Waals surface area (Å²) in [5.41, 5.74) is 1.76. The molecule has 9 heteroatoms. The van der Waals surface area contributed by atoms with Gasteiger partial charge in [0.2, 0.25) is 5.91 Å². The molecule has 1 saturated heterocycles. The first-order chi connectivity index (χ1) is 12.7. The monoisotopic (exact) mass is 371 g/mol. The van der Waals surface area contributed by atoms with Crippen LogP contribution in [-0.2, 0) is 11.3 Å². The Morgan fingerprint density at radius 3 is 3.12 bits per heavy atom. The van der Waals surface area contributed by atoms with Gasteiger partial charge in [0, 0.05) is 31.6 Å². The lowest BCUT2D eigenvalue weighted by atomic mass is 10.2. The number of thiazole rings is 1. The van der Waals surface area contributed by atoms with Crippen LogP contribution < -0.4 is 10.2 Å². The summed E-state index contributed by atoms with van der Waals surface area (Å²) >= 11 is 1.15. The topological polar surface area (TPSA) is 99.8 Å². The highest BCUT2D eigenvalue weighted by Gasteiger charge is 2.33. The second-order valence-electron chi connectivity index (χ2n) is 6.06. The van der Waals surface area contributed by atoms with Gasteiger partial charge in [0.05, 0.1) is 18.8 Å². The number of carbonyl (C=O) groups excluding carboxylic acids is 2. The molecule has 0 aromatic carbocycles. The van der Waals surface area contributed by atoms with Crippen molar-refractivity contribution in [3.63, 3.8) is 0 Å². The number of hydrogen-bond donors (Lipinski definition) is 2. The summed E-state index contributed by atoms with van der Waals surface area (Å²) in [7, 11) is 0. The molecule has 1 aliphatic heterocycles. The van der Waals surface area contributed by atoms with E-state index in [1.165, 1.54) is 11.1 Å². The number of anilines is 1. The Morgan fingerprint density at radius 1 is 1.38 bits per heavy atom. The first-order valence-corrected chi connectivity index (χ1v) is 9.06. The molecule has 4 rings (SSSR count). The van der Waals surface area contributed by atoms with E-state index in [1.807, 2.05) is 28.9 Å². The van der Waals surface area contributed by atoms with Crippen LogP contribution in [-0.4, -0.2) is 43.9 Å². The summed E-state index contributed by atoms with van der Waals surface area (Å²) < 4.78 is 1.89. The van der Waals surface area contributed by atoms with Gasteiger partial charge in [0.15, 0.2) is 5.13 Å². The zero-order chi connectivity index (χ0) is 18.1. The number of hydrogen-bond acceptors (Lipinski definition) is 6. The number of fused-ring (bicyclic) bond motifs is 1. The van der Waals surface area contributed by atoms with E-state index in [0.717, 1.165) is 22.5 Å². The number of imidazole rings is 1. The quantitative estimate of drug-likeness (QED) is 0.702. The number of aliphatic hydroxyl groups is 1. The second kappa shape index (κ2) is 6.85. The van der Waals surface area contributed by atoms with Crippen molar-refractivity contribution in [2.45, 2.75) is 25.4 Å². The van der Waals surface area contributed by atoms with E-state index in [-0.39, 0.29) is 24.5 Å². The second-order valence-corrected chi connectivity index (χ2v) is 7.07. The molecule has 0 unspecified atom stereocenters. The molecule has 1 atom stereocenters. The van der Waals surface area contributed by atoms with E-state index in [1.54, 1.807) is 6.20 Å². The van der Waals surface area contributed by atoms with E-state index >= 15 is 0 Å². The minimum absolute atomic E-state index is 0.0710. The van der Waals surface area contributed by atoms with E-state index in [2.05, 4.69) is 15.3 Å². The van der Waals surface area contributed by atoms with Crippen molar-refractivity contribution in [1.82, 2.24) is 19.7 Å². The fourth-order valence-electron chi connectivity index (χ4n) is 2.99. The highest BCUT2D eigenvalue weighted by molar-refractivity contribution is 7.17. The zero-order valence-electron chi connectivity index (χ0n) is 13.8. The van der Waals surface area contributed by atoms with Crippen LogP contribution in [0.5, 0.6) is 0 Å². The smallest absolute Gasteiger partial charge is 0.263 e. The highest BCUT2D eigenvalue weighted by Crippen LogP contribution is 2.30. The molecule has 0 aliphatic carbocycles. The van der Waals surface area contributed by atoms with E-state index < -0.39 is 0 Å². The summed E-state index contributed by atoms with van der Waals surface area (Å²) in [6.07, 6.45) is 7.93. The Morgan fingerprint density at radius 2 is 2.27 bits per heavy atom. The van der Waals surface area contributed by atoms with Crippen LogP contribution in [0.15, 0.2) is 36.9 Å². The third kappa shape index (κ3) is 3.06.